The largest absolute Gasteiger partial charge is 0.433 e. The van der Waals surface area contributed by atoms with E-state index in [4.69, 9.17) is 0 Å². The van der Waals surface area contributed by atoms with E-state index in [1.54, 1.807) is 0 Å². The molecule has 2 aromatic carbocycles. The second kappa shape index (κ2) is 5.15. The van der Waals surface area contributed by atoms with Crippen molar-refractivity contribution < 1.29 is 19.7 Å². The van der Waals surface area contributed by atoms with Gasteiger partial charge in [0, 0.05) is 0 Å². The number of aliphatic imine (C=N–C) groups is 1. The molecule has 25 heavy (non-hydrogen) atoms. The summed E-state index contributed by atoms with van der Waals surface area (Å²) in [7, 11) is 0. The molecule has 0 spiro atoms. The first-order chi connectivity index (χ1) is 11.7. The van der Waals surface area contributed by atoms with E-state index in [9.17, 15) is 40.5 Å². The fraction of sp³-hybridized carbons (Fsp3) is 0. The smallest absolute Gasteiger partial charge is 0.390 e. The van der Waals surface area contributed by atoms with Gasteiger partial charge in [-0.1, -0.05) is 11.1 Å². The quantitative estimate of drug-likeness (QED) is 0.638. The van der Waals surface area contributed by atoms with Gasteiger partial charge in [0.2, 0.25) is 5.69 Å². The summed E-state index contributed by atoms with van der Waals surface area (Å²) in [5.74, 6) is -0.897. The van der Waals surface area contributed by atoms with Crippen molar-refractivity contribution in [2.45, 2.75) is 0 Å². The van der Waals surface area contributed by atoms with E-state index in [2.05, 4.69) is 10.3 Å². The van der Waals surface area contributed by atoms with Crippen molar-refractivity contribution in [3.8, 4) is 0 Å². The first-order valence-corrected chi connectivity index (χ1v) is 6.30. The molecule has 0 bridgehead atoms. The maximum atomic E-state index is 11.4. The van der Waals surface area contributed by atoms with Gasteiger partial charge in [-0.15, -0.1) is 0 Å². The minimum atomic E-state index is -1.39. The van der Waals surface area contributed by atoms with Crippen molar-refractivity contribution in [3.05, 3.63) is 58.7 Å². The van der Waals surface area contributed by atoms with Crippen molar-refractivity contribution in [1.29, 1.82) is 0 Å². The maximum absolute atomic E-state index is 11.4. The highest BCUT2D eigenvalue weighted by Crippen LogP contribution is 2.52. The Bertz CT molecular complexity index is 1040. The van der Waals surface area contributed by atoms with Gasteiger partial charge in [-0.3, -0.25) is 30.3 Å². The van der Waals surface area contributed by atoms with E-state index in [1.165, 1.54) is 12.1 Å². The topological polar surface area (TPSA) is 197 Å². The van der Waals surface area contributed by atoms with Gasteiger partial charge in [0.25, 0.3) is 0 Å². The SMILES string of the molecule is O=[N+]([O-])C1=Nc2c([N+](=O)[O-])c([N+](=O)[O-])c([N+](=O)[O-])c3cccc(c23)N1. The van der Waals surface area contributed by atoms with E-state index in [0.29, 0.717) is 0 Å². The number of nitrogens with one attached hydrogen (secondary N) is 1. The summed E-state index contributed by atoms with van der Waals surface area (Å²) in [5.41, 5.74) is -4.49. The zero-order chi connectivity index (χ0) is 18.5. The van der Waals surface area contributed by atoms with Crippen molar-refractivity contribution in [1.82, 2.24) is 0 Å². The first kappa shape index (κ1) is 15.7. The molecule has 14 heteroatoms. The van der Waals surface area contributed by atoms with Crippen LogP contribution in [0.1, 0.15) is 0 Å². The molecular formula is C11H4N6O8. The molecule has 2 aromatic rings. The number of nitrogens with zero attached hydrogens (tertiary/aromatic N) is 5. The number of nitro groups is 4. The average Bonchev–Trinajstić information content (AvgIpc) is 2.53. The summed E-state index contributed by atoms with van der Waals surface area (Å²) in [6, 6.07) is 3.69. The predicted octanol–water partition coefficient (Wildman–Crippen LogP) is 2.25. The monoisotopic (exact) mass is 348 g/mol. The lowest BCUT2D eigenvalue weighted by Gasteiger charge is -2.12. The molecule has 0 radical (unpaired) electrons. The van der Waals surface area contributed by atoms with Gasteiger partial charge in [-0.05, 0) is 17.1 Å². The van der Waals surface area contributed by atoms with Crippen LogP contribution in [0.3, 0.4) is 0 Å². The minimum absolute atomic E-state index is 0.0599. The van der Waals surface area contributed by atoms with Crippen molar-refractivity contribution in [2.24, 2.45) is 4.99 Å². The first-order valence-electron chi connectivity index (χ1n) is 6.30. The molecule has 1 heterocycles. The summed E-state index contributed by atoms with van der Waals surface area (Å²) < 4.78 is 0. The molecule has 0 atom stereocenters. The fourth-order valence-corrected chi connectivity index (χ4v) is 2.56. The third-order valence-electron chi connectivity index (χ3n) is 3.41. The van der Waals surface area contributed by atoms with Gasteiger partial charge >= 0.3 is 23.0 Å². The van der Waals surface area contributed by atoms with Crippen LogP contribution in [0.25, 0.3) is 10.8 Å². The van der Waals surface area contributed by atoms with E-state index in [0.717, 1.165) is 6.07 Å². The highest BCUT2D eigenvalue weighted by molar-refractivity contribution is 6.18. The molecule has 3 rings (SSSR count). The lowest BCUT2D eigenvalue weighted by Crippen LogP contribution is -2.24. The minimum Gasteiger partial charge on any atom is -0.390 e. The average molecular weight is 348 g/mol. The zero-order valence-electron chi connectivity index (χ0n) is 11.7. The summed E-state index contributed by atoms with van der Waals surface area (Å²) in [6.07, 6.45) is 0. The molecule has 0 fully saturated rings. The lowest BCUT2D eigenvalue weighted by atomic mass is 10.0. The van der Waals surface area contributed by atoms with Gasteiger partial charge in [0.15, 0.2) is 0 Å². The number of hydrogen-bond acceptors (Lipinski definition) is 10. The van der Waals surface area contributed by atoms with Gasteiger partial charge in [-0.2, -0.15) is 0 Å². The number of hydrogen-bond donors (Lipinski definition) is 1. The number of rotatable bonds is 3. The molecule has 0 aliphatic carbocycles. The normalized spacial score (nSPS) is 12.2. The molecule has 0 saturated carbocycles. The van der Waals surface area contributed by atoms with E-state index >= 15 is 0 Å². The molecule has 0 aromatic heterocycles. The number of anilines is 1. The molecule has 14 nitrogen and oxygen atoms in total. The number of guanidine groups is 1. The molecule has 1 aliphatic heterocycles. The molecule has 0 amide bonds. The van der Waals surface area contributed by atoms with E-state index < -0.39 is 48.4 Å². The van der Waals surface area contributed by atoms with E-state index in [1.807, 2.05) is 0 Å². The third kappa shape index (κ3) is 2.16. The van der Waals surface area contributed by atoms with Crippen LogP contribution in [0.15, 0.2) is 23.2 Å². The van der Waals surface area contributed by atoms with Crippen LogP contribution in [0.5, 0.6) is 0 Å². The molecule has 0 unspecified atom stereocenters. The van der Waals surface area contributed by atoms with Crippen molar-refractivity contribution in [3.63, 3.8) is 0 Å². The second-order valence-corrected chi connectivity index (χ2v) is 4.71. The Labute approximate surface area is 135 Å². The Morgan fingerprint density at radius 1 is 0.800 bits per heavy atom. The highest BCUT2D eigenvalue weighted by Gasteiger charge is 2.46. The lowest BCUT2D eigenvalue weighted by molar-refractivity contribution is -0.439. The Morgan fingerprint density at radius 3 is 1.92 bits per heavy atom. The zero-order valence-corrected chi connectivity index (χ0v) is 11.7. The molecule has 126 valence electrons. The third-order valence-corrected chi connectivity index (χ3v) is 3.41. The maximum Gasteiger partial charge on any atom is 0.433 e. The summed E-state index contributed by atoms with van der Waals surface area (Å²) in [4.78, 5) is 43.8. The van der Waals surface area contributed by atoms with Gasteiger partial charge < -0.3 is 10.1 Å². The van der Waals surface area contributed by atoms with Gasteiger partial charge in [0.1, 0.15) is 5.69 Å². The fourth-order valence-electron chi connectivity index (χ4n) is 2.56. The Hall–Kier alpha value is -4.23. The molecule has 1 aliphatic rings. The highest BCUT2D eigenvalue weighted by atomic mass is 16.7. The Balaban J connectivity index is 2.65. The number of nitro benzene ring substituents is 3. The Morgan fingerprint density at radius 2 is 1.40 bits per heavy atom. The van der Waals surface area contributed by atoms with Gasteiger partial charge in [-0.25, -0.2) is 5.32 Å². The van der Waals surface area contributed by atoms with Crippen LogP contribution in [0.2, 0.25) is 0 Å². The van der Waals surface area contributed by atoms with Crippen LogP contribution in [0, 0.1) is 40.5 Å². The second-order valence-electron chi connectivity index (χ2n) is 4.71. The van der Waals surface area contributed by atoms with E-state index in [-0.39, 0.29) is 16.5 Å². The number of benzene rings is 2. The summed E-state index contributed by atoms with van der Waals surface area (Å²) >= 11 is 0. The van der Waals surface area contributed by atoms with Crippen molar-refractivity contribution >= 4 is 45.2 Å². The van der Waals surface area contributed by atoms with Crippen LogP contribution in [-0.2, 0) is 0 Å². The van der Waals surface area contributed by atoms with Crippen LogP contribution >= 0.6 is 0 Å². The Kier molecular flexibility index (Phi) is 3.23. The molecule has 1 N–H and O–H groups in total. The summed E-state index contributed by atoms with van der Waals surface area (Å²) in [6.45, 7) is 0. The standard InChI is InChI=1S/C11H4N6O8/c18-14(19)8-4-2-1-3-5-6(4)7(13-11(12-5)17(24)25)9(15(20)21)10(8)16(22)23/h1-3H,(H,12,13). The van der Waals surface area contributed by atoms with Crippen molar-refractivity contribution in [2.75, 3.05) is 5.32 Å². The van der Waals surface area contributed by atoms with Crippen LogP contribution in [0.4, 0.5) is 28.4 Å². The van der Waals surface area contributed by atoms with Gasteiger partial charge in [0.05, 0.1) is 25.5 Å². The molecular weight excluding hydrogens is 344 g/mol. The van der Waals surface area contributed by atoms with Crippen LogP contribution < -0.4 is 5.32 Å². The predicted molar refractivity (Wildman–Crippen MR) is 81.6 cm³/mol. The van der Waals surface area contributed by atoms with Crippen LogP contribution in [-0.4, -0.2) is 25.7 Å². The molecule has 0 saturated heterocycles. The summed E-state index contributed by atoms with van der Waals surface area (Å²) in [5, 5.41) is 46.7.